The number of amides is 1. The first-order chi connectivity index (χ1) is 13.1. The lowest BCUT2D eigenvalue weighted by molar-refractivity contribution is -0.136. The number of aliphatic hydroxyl groups excluding tert-OH is 1. The second kappa shape index (κ2) is 9.59. The number of rotatable bonds is 8. The number of nitrogens with one attached hydrogen (secondary N) is 1. The Balaban J connectivity index is 1.39. The molecule has 1 atom stereocenters. The van der Waals surface area contributed by atoms with E-state index < -0.39 is 0 Å². The van der Waals surface area contributed by atoms with Crippen molar-refractivity contribution < 1.29 is 14.3 Å². The number of likely N-dealkylation sites (tertiary alicyclic amines) is 1. The van der Waals surface area contributed by atoms with Crippen LogP contribution in [-0.4, -0.2) is 97.8 Å². The average Bonchev–Trinajstić information content (AvgIpc) is 2.66. The SMILES string of the molecule is CNCC(CCN1CC(N2CCN(C(=O)CO)CC2)C1)c1ccc(F)cc1. The van der Waals surface area contributed by atoms with Crippen LogP contribution in [0.25, 0.3) is 0 Å². The molecule has 0 bridgehead atoms. The summed E-state index contributed by atoms with van der Waals surface area (Å²) in [5.41, 5.74) is 1.19. The summed E-state index contributed by atoms with van der Waals surface area (Å²) in [6, 6.07) is 7.44. The second-order valence-electron chi connectivity index (χ2n) is 7.58. The maximum absolute atomic E-state index is 13.2. The second-order valence-corrected chi connectivity index (χ2v) is 7.58. The molecule has 0 spiro atoms. The van der Waals surface area contributed by atoms with Crippen molar-refractivity contribution in [3.63, 3.8) is 0 Å². The van der Waals surface area contributed by atoms with Crippen molar-refractivity contribution in [2.24, 2.45) is 0 Å². The van der Waals surface area contributed by atoms with Gasteiger partial charge in [-0.15, -0.1) is 0 Å². The van der Waals surface area contributed by atoms with Gasteiger partial charge in [-0.25, -0.2) is 4.39 Å². The zero-order valence-corrected chi connectivity index (χ0v) is 16.1. The number of piperazine rings is 1. The van der Waals surface area contributed by atoms with Crippen LogP contribution >= 0.6 is 0 Å². The summed E-state index contributed by atoms with van der Waals surface area (Å²) in [4.78, 5) is 18.2. The molecule has 3 rings (SSSR count). The maximum atomic E-state index is 13.2. The highest BCUT2D eigenvalue weighted by Crippen LogP contribution is 2.23. The largest absolute Gasteiger partial charge is 0.387 e. The molecule has 2 fully saturated rings. The summed E-state index contributed by atoms with van der Waals surface area (Å²) in [6.45, 7) is 6.90. The van der Waals surface area contributed by atoms with Gasteiger partial charge in [0.05, 0.1) is 0 Å². The van der Waals surface area contributed by atoms with E-state index in [0.717, 1.165) is 45.7 Å². The van der Waals surface area contributed by atoms with E-state index in [9.17, 15) is 9.18 Å². The highest BCUT2D eigenvalue weighted by molar-refractivity contribution is 5.77. The Labute approximate surface area is 160 Å². The lowest BCUT2D eigenvalue weighted by Gasteiger charge is -2.48. The lowest BCUT2D eigenvalue weighted by Crippen LogP contribution is -2.63. The summed E-state index contributed by atoms with van der Waals surface area (Å²) in [5.74, 6) is 0.0391. The molecule has 6 nitrogen and oxygen atoms in total. The van der Waals surface area contributed by atoms with Crippen LogP contribution in [0.4, 0.5) is 4.39 Å². The summed E-state index contributed by atoms with van der Waals surface area (Å²) in [6.07, 6.45) is 1.05. The third-order valence-electron chi connectivity index (χ3n) is 5.84. The number of hydrogen-bond donors (Lipinski definition) is 2. The van der Waals surface area contributed by atoms with Crippen molar-refractivity contribution in [1.82, 2.24) is 20.0 Å². The molecule has 2 heterocycles. The van der Waals surface area contributed by atoms with Crippen molar-refractivity contribution in [2.75, 3.05) is 66.0 Å². The molecule has 27 heavy (non-hydrogen) atoms. The van der Waals surface area contributed by atoms with Gasteiger partial charge in [-0.3, -0.25) is 9.69 Å². The third-order valence-corrected chi connectivity index (χ3v) is 5.84. The van der Waals surface area contributed by atoms with E-state index in [4.69, 9.17) is 5.11 Å². The molecule has 2 saturated heterocycles. The highest BCUT2D eigenvalue weighted by atomic mass is 19.1. The van der Waals surface area contributed by atoms with Crippen LogP contribution in [0.15, 0.2) is 24.3 Å². The fourth-order valence-electron chi connectivity index (χ4n) is 4.10. The van der Waals surface area contributed by atoms with E-state index in [0.29, 0.717) is 25.0 Å². The quantitative estimate of drug-likeness (QED) is 0.683. The van der Waals surface area contributed by atoms with Gasteiger partial charge in [-0.2, -0.15) is 0 Å². The monoisotopic (exact) mass is 378 g/mol. The number of hydrogen-bond acceptors (Lipinski definition) is 5. The molecule has 0 aromatic heterocycles. The predicted octanol–water partition coefficient (Wildman–Crippen LogP) is 0.340. The predicted molar refractivity (Wildman–Crippen MR) is 103 cm³/mol. The van der Waals surface area contributed by atoms with E-state index in [1.807, 2.05) is 19.2 Å². The van der Waals surface area contributed by atoms with Crippen LogP contribution in [0.3, 0.4) is 0 Å². The Morgan fingerprint density at radius 3 is 2.48 bits per heavy atom. The highest BCUT2D eigenvalue weighted by Gasteiger charge is 2.34. The molecule has 2 aliphatic rings. The number of carbonyl (C=O) groups excluding carboxylic acids is 1. The van der Waals surface area contributed by atoms with Crippen molar-refractivity contribution >= 4 is 5.91 Å². The van der Waals surface area contributed by atoms with Gasteiger partial charge in [0, 0.05) is 51.9 Å². The Morgan fingerprint density at radius 2 is 1.89 bits per heavy atom. The van der Waals surface area contributed by atoms with Crippen molar-refractivity contribution in [3.8, 4) is 0 Å². The van der Waals surface area contributed by atoms with Gasteiger partial charge in [0.25, 0.3) is 0 Å². The van der Waals surface area contributed by atoms with Gasteiger partial charge in [-0.05, 0) is 43.6 Å². The van der Waals surface area contributed by atoms with Crippen molar-refractivity contribution in [2.45, 2.75) is 18.4 Å². The number of likely N-dealkylation sites (N-methyl/N-ethyl adjacent to an activating group) is 1. The average molecular weight is 378 g/mol. The molecule has 2 N–H and O–H groups in total. The van der Waals surface area contributed by atoms with Gasteiger partial charge >= 0.3 is 0 Å². The van der Waals surface area contributed by atoms with Crippen LogP contribution in [0, 0.1) is 5.82 Å². The van der Waals surface area contributed by atoms with E-state index in [1.165, 1.54) is 5.56 Å². The van der Waals surface area contributed by atoms with Crippen LogP contribution in [-0.2, 0) is 4.79 Å². The number of aliphatic hydroxyl groups is 1. The van der Waals surface area contributed by atoms with Crippen LogP contribution in [0.2, 0.25) is 0 Å². The molecule has 1 amide bonds. The number of nitrogens with zero attached hydrogens (tertiary/aromatic N) is 3. The fourth-order valence-corrected chi connectivity index (χ4v) is 4.10. The summed E-state index contributed by atoms with van der Waals surface area (Å²) in [7, 11) is 1.96. The molecule has 150 valence electrons. The van der Waals surface area contributed by atoms with Crippen LogP contribution < -0.4 is 5.32 Å². The summed E-state index contributed by atoms with van der Waals surface area (Å²) >= 11 is 0. The molecule has 2 aliphatic heterocycles. The minimum atomic E-state index is -0.390. The van der Waals surface area contributed by atoms with Crippen LogP contribution in [0.5, 0.6) is 0 Å². The number of carbonyl (C=O) groups is 1. The number of halogens is 1. The molecule has 1 aromatic rings. The lowest BCUT2D eigenvalue weighted by atomic mass is 9.94. The van der Waals surface area contributed by atoms with Gasteiger partial charge in [-0.1, -0.05) is 12.1 Å². The van der Waals surface area contributed by atoms with Gasteiger partial charge < -0.3 is 20.2 Å². The van der Waals surface area contributed by atoms with Crippen molar-refractivity contribution in [1.29, 1.82) is 0 Å². The maximum Gasteiger partial charge on any atom is 0.248 e. The Morgan fingerprint density at radius 1 is 1.22 bits per heavy atom. The van der Waals surface area contributed by atoms with Crippen molar-refractivity contribution in [3.05, 3.63) is 35.6 Å². The first-order valence-corrected chi connectivity index (χ1v) is 9.85. The zero-order chi connectivity index (χ0) is 19.2. The topological polar surface area (TPSA) is 59.0 Å². The first-order valence-electron chi connectivity index (χ1n) is 9.85. The molecule has 7 heteroatoms. The zero-order valence-electron chi connectivity index (χ0n) is 16.1. The van der Waals surface area contributed by atoms with E-state index >= 15 is 0 Å². The minimum absolute atomic E-state index is 0.166. The number of benzene rings is 1. The Bertz CT molecular complexity index is 599. The van der Waals surface area contributed by atoms with Gasteiger partial charge in [0.2, 0.25) is 5.91 Å². The molecular formula is C20H31FN4O2. The van der Waals surface area contributed by atoms with Gasteiger partial charge in [0.1, 0.15) is 12.4 Å². The molecule has 1 unspecified atom stereocenters. The summed E-state index contributed by atoms with van der Waals surface area (Å²) < 4.78 is 13.2. The van der Waals surface area contributed by atoms with E-state index in [1.54, 1.807) is 17.0 Å². The Kier molecular flexibility index (Phi) is 7.18. The normalized spacial score (nSPS) is 20.5. The molecule has 0 saturated carbocycles. The molecular weight excluding hydrogens is 347 g/mol. The Hall–Kier alpha value is -1.54. The smallest absolute Gasteiger partial charge is 0.248 e. The molecule has 1 aromatic carbocycles. The fraction of sp³-hybridized carbons (Fsp3) is 0.650. The van der Waals surface area contributed by atoms with Gasteiger partial charge in [0.15, 0.2) is 0 Å². The standard InChI is InChI=1S/C20H31FN4O2/c1-22-12-17(16-2-4-18(21)5-3-16)6-7-23-13-19(14-23)24-8-10-25(11-9-24)20(27)15-26/h2-5,17,19,22,26H,6-15H2,1H3. The summed E-state index contributed by atoms with van der Waals surface area (Å²) in [5, 5.41) is 12.2. The minimum Gasteiger partial charge on any atom is -0.387 e. The van der Waals surface area contributed by atoms with Crippen LogP contribution in [0.1, 0.15) is 17.9 Å². The third kappa shape index (κ3) is 5.25. The molecule has 0 radical (unpaired) electrons. The first kappa shape index (κ1) is 20.2. The van der Waals surface area contributed by atoms with E-state index in [-0.39, 0.29) is 18.3 Å². The van der Waals surface area contributed by atoms with E-state index in [2.05, 4.69) is 15.1 Å². The molecule has 0 aliphatic carbocycles.